The van der Waals surface area contributed by atoms with Crippen LogP contribution in [0.2, 0.25) is 5.02 Å². The number of benzene rings is 2. The molecule has 0 bridgehead atoms. The van der Waals surface area contributed by atoms with E-state index in [2.05, 4.69) is 15.3 Å². The molecule has 2 aromatic carbocycles. The van der Waals surface area contributed by atoms with Crippen molar-refractivity contribution in [1.29, 1.82) is 0 Å². The number of carbonyl (C=O) groups is 1. The minimum atomic E-state index is -0.524. The van der Waals surface area contributed by atoms with Crippen LogP contribution in [0.4, 0.5) is 10.1 Å². The second-order valence-electron chi connectivity index (χ2n) is 4.22. The Morgan fingerprint density at radius 3 is 2.90 bits per heavy atom. The number of aromatic nitrogens is 2. The minimum Gasteiger partial charge on any atom is -0.345 e. The smallest absolute Gasteiger partial charge is 0.255 e. The molecule has 1 aromatic heterocycles. The normalized spacial score (nSPS) is 10.7. The fraction of sp³-hybridized carbons (Fsp3) is 0. The van der Waals surface area contributed by atoms with E-state index in [-0.39, 0.29) is 10.9 Å². The lowest BCUT2D eigenvalue weighted by Crippen LogP contribution is -2.11. The summed E-state index contributed by atoms with van der Waals surface area (Å²) in [6, 6.07) is 9.14. The maximum atomic E-state index is 13.0. The molecule has 0 unspecified atom stereocenters. The number of imidazole rings is 1. The number of hydrogen-bond donors (Lipinski definition) is 2. The maximum absolute atomic E-state index is 13.0. The number of rotatable bonds is 2. The van der Waals surface area contributed by atoms with Gasteiger partial charge in [-0.2, -0.15) is 0 Å². The molecule has 0 aliphatic rings. The average molecular weight is 290 g/mol. The van der Waals surface area contributed by atoms with Crippen molar-refractivity contribution in [3.63, 3.8) is 0 Å². The summed E-state index contributed by atoms with van der Waals surface area (Å²) >= 11 is 5.67. The SMILES string of the molecule is O=C(Nc1ccc(F)c(Cl)c1)c1ccc2nc[nH]c2c1. The van der Waals surface area contributed by atoms with E-state index in [1.54, 1.807) is 24.5 Å². The summed E-state index contributed by atoms with van der Waals surface area (Å²) in [7, 11) is 0. The van der Waals surface area contributed by atoms with E-state index >= 15 is 0 Å². The first-order valence-corrected chi connectivity index (χ1v) is 6.21. The van der Waals surface area contributed by atoms with Gasteiger partial charge in [-0.3, -0.25) is 4.79 Å². The molecule has 0 saturated carbocycles. The van der Waals surface area contributed by atoms with Crippen molar-refractivity contribution in [2.24, 2.45) is 0 Å². The molecule has 4 nitrogen and oxygen atoms in total. The van der Waals surface area contributed by atoms with Crippen LogP contribution in [-0.4, -0.2) is 15.9 Å². The Labute approximate surface area is 118 Å². The van der Waals surface area contributed by atoms with Crippen molar-refractivity contribution in [1.82, 2.24) is 9.97 Å². The average Bonchev–Trinajstić information content (AvgIpc) is 2.90. The molecule has 100 valence electrons. The van der Waals surface area contributed by atoms with Crippen LogP contribution in [0.25, 0.3) is 11.0 Å². The Hall–Kier alpha value is -2.40. The number of H-pyrrole nitrogens is 1. The standard InChI is InChI=1S/C14H9ClFN3O/c15-10-6-9(2-3-11(10)16)19-14(20)8-1-4-12-13(5-8)18-7-17-12/h1-7H,(H,17,18)(H,19,20). The lowest BCUT2D eigenvalue weighted by atomic mass is 10.2. The van der Waals surface area contributed by atoms with E-state index < -0.39 is 5.82 Å². The highest BCUT2D eigenvalue weighted by atomic mass is 35.5. The first-order chi connectivity index (χ1) is 9.63. The Morgan fingerprint density at radius 2 is 2.10 bits per heavy atom. The highest BCUT2D eigenvalue weighted by Crippen LogP contribution is 2.20. The Morgan fingerprint density at radius 1 is 1.25 bits per heavy atom. The maximum Gasteiger partial charge on any atom is 0.255 e. The predicted octanol–water partition coefficient (Wildman–Crippen LogP) is 3.61. The van der Waals surface area contributed by atoms with E-state index in [0.717, 1.165) is 11.0 Å². The van der Waals surface area contributed by atoms with Gasteiger partial charge in [-0.05, 0) is 36.4 Å². The van der Waals surface area contributed by atoms with Gasteiger partial charge in [0, 0.05) is 11.3 Å². The highest BCUT2D eigenvalue weighted by Gasteiger charge is 2.09. The van der Waals surface area contributed by atoms with Crippen LogP contribution < -0.4 is 5.32 Å². The molecule has 0 aliphatic carbocycles. The summed E-state index contributed by atoms with van der Waals surface area (Å²) in [6.45, 7) is 0. The number of amides is 1. The van der Waals surface area contributed by atoms with Crippen LogP contribution in [0.1, 0.15) is 10.4 Å². The molecule has 0 spiro atoms. The first kappa shape index (κ1) is 12.6. The third-order valence-electron chi connectivity index (χ3n) is 2.86. The Balaban J connectivity index is 1.86. The molecule has 0 fully saturated rings. The molecule has 0 aliphatic heterocycles. The quantitative estimate of drug-likeness (QED) is 0.757. The van der Waals surface area contributed by atoms with E-state index in [4.69, 9.17) is 11.6 Å². The lowest BCUT2D eigenvalue weighted by Gasteiger charge is -2.06. The monoisotopic (exact) mass is 289 g/mol. The van der Waals surface area contributed by atoms with Crippen LogP contribution in [-0.2, 0) is 0 Å². The number of carbonyl (C=O) groups excluding carboxylic acids is 1. The third kappa shape index (κ3) is 2.35. The van der Waals surface area contributed by atoms with Crippen LogP contribution >= 0.6 is 11.6 Å². The largest absolute Gasteiger partial charge is 0.345 e. The molecule has 0 saturated heterocycles. The van der Waals surface area contributed by atoms with Gasteiger partial charge in [0.2, 0.25) is 0 Å². The number of halogens is 2. The lowest BCUT2D eigenvalue weighted by molar-refractivity contribution is 0.102. The second kappa shape index (κ2) is 4.94. The van der Waals surface area contributed by atoms with E-state index in [9.17, 15) is 9.18 Å². The van der Waals surface area contributed by atoms with Crippen molar-refractivity contribution >= 4 is 34.2 Å². The molecular weight excluding hydrogens is 281 g/mol. The van der Waals surface area contributed by atoms with Gasteiger partial charge in [0.05, 0.1) is 22.4 Å². The molecule has 3 aromatic rings. The fourth-order valence-electron chi connectivity index (χ4n) is 1.85. The first-order valence-electron chi connectivity index (χ1n) is 5.83. The van der Waals surface area contributed by atoms with Crippen molar-refractivity contribution in [2.45, 2.75) is 0 Å². The summed E-state index contributed by atoms with van der Waals surface area (Å²) in [5.74, 6) is -0.826. The molecule has 3 rings (SSSR count). The molecular formula is C14H9ClFN3O. The number of fused-ring (bicyclic) bond motifs is 1. The summed E-state index contributed by atoms with van der Waals surface area (Å²) in [4.78, 5) is 19.1. The molecule has 20 heavy (non-hydrogen) atoms. The second-order valence-corrected chi connectivity index (χ2v) is 4.62. The number of aromatic amines is 1. The van der Waals surface area contributed by atoms with Crippen molar-refractivity contribution in [3.05, 3.63) is 59.1 Å². The minimum absolute atomic E-state index is 0.0354. The van der Waals surface area contributed by atoms with Gasteiger partial charge in [-0.25, -0.2) is 9.37 Å². The van der Waals surface area contributed by atoms with Crippen LogP contribution in [0.15, 0.2) is 42.7 Å². The van der Waals surface area contributed by atoms with Crippen molar-refractivity contribution < 1.29 is 9.18 Å². The van der Waals surface area contributed by atoms with Crippen LogP contribution in [0.5, 0.6) is 0 Å². The van der Waals surface area contributed by atoms with Crippen molar-refractivity contribution in [3.8, 4) is 0 Å². The van der Waals surface area contributed by atoms with Gasteiger partial charge in [0.25, 0.3) is 5.91 Å². The van der Waals surface area contributed by atoms with E-state index in [1.165, 1.54) is 18.2 Å². The number of nitrogens with zero attached hydrogens (tertiary/aromatic N) is 1. The zero-order chi connectivity index (χ0) is 14.1. The van der Waals surface area contributed by atoms with Crippen LogP contribution in [0.3, 0.4) is 0 Å². The van der Waals surface area contributed by atoms with E-state index in [0.29, 0.717) is 11.3 Å². The molecule has 2 N–H and O–H groups in total. The van der Waals surface area contributed by atoms with Gasteiger partial charge >= 0.3 is 0 Å². The summed E-state index contributed by atoms with van der Waals surface area (Å²) in [5.41, 5.74) is 2.47. The third-order valence-corrected chi connectivity index (χ3v) is 3.15. The number of hydrogen-bond acceptors (Lipinski definition) is 2. The highest BCUT2D eigenvalue weighted by molar-refractivity contribution is 6.31. The summed E-state index contributed by atoms with van der Waals surface area (Å²) < 4.78 is 13.0. The Kier molecular flexibility index (Phi) is 3.12. The van der Waals surface area contributed by atoms with Gasteiger partial charge in [-0.15, -0.1) is 0 Å². The topological polar surface area (TPSA) is 57.8 Å². The molecule has 1 amide bonds. The van der Waals surface area contributed by atoms with Gasteiger partial charge < -0.3 is 10.3 Å². The van der Waals surface area contributed by atoms with E-state index in [1.807, 2.05) is 0 Å². The summed E-state index contributed by atoms with van der Waals surface area (Å²) in [5, 5.41) is 2.62. The fourth-order valence-corrected chi connectivity index (χ4v) is 2.03. The predicted molar refractivity (Wildman–Crippen MR) is 75.5 cm³/mol. The van der Waals surface area contributed by atoms with Gasteiger partial charge in [0.15, 0.2) is 0 Å². The van der Waals surface area contributed by atoms with Crippen LogP contribution in [0, 0.1) is 5.82 Å². The molecule has 0 radical (unpaired) electrons. The molecule has 0 atom stereocenters. The van der Waals surface area contributed by atoms with Gasteiger partial charge in [0.1, 0.15) is 5.82 Å². The summed E-state index contributed by atoms with van der Waals surface area (Å²) in [6.07, 6.45) is 1.56. The zero-order valence-electron chi connectivity index (χ0n) is 10.2. The number of anilines is 1. The zero-order valence-corrected chi connectivity index (χ0v) is 10.9. The van der Waals surface area contributed by atoms with Crippen molar-refractivity contribution in [2.75, 3.05) is 5.32 Å². The molecule has 6 heteroatoms. The van der Waals surface area contributed by atoms with Gasteiger partial charge in [-0.1, -0.05) is 11.6 Å². The number of nitrogens with one attached hydrogen (secondary N) is 2. The molecule has 1 heterocycles. The Bertz CT molecular complexity index is 800.